The van der Waals surface area contributed by atoms with Gasteiger partial charge < -0.3 is 15.4 Å². The molecule has 1 atom stereocenters. The van der Waals surface area contributed by atoms with Crippen molar-refractivity contribution < 1.29 is 9.53 Å². The van der Waals surface area contributed by atoms with Crippen LogP contribution < -0.4 is 15.4 Å². The lowest BCUT2D eigenvalue weighted by molar-refractivity contribution is -0.121. The van der Waals surface area contributed by atoms with Gasteiger partial charge in [0.15, 0.2) is 5.75 Å². The molecule has 22 heavy (non-hydrogen) atoms. The summed E-state index contributed by atoms with van der Waals surface area (Å²) < 4.78 is 5.06. The van der Waals surface area contributed by atoms with Gasteiger partial charge in [0.2, 0.25) is 5.91 Å². The molecule has 1 amide bonds. The average molecular weight is 344 g/mol. The number of methoxy groups -OCH3 is 1. The molecule has 0 fully saturated rings. The van der Waals surface area contributed by atoms with Crippen LogP contribution in [-0.4, -0.2) is 25.1 Å². The number of halogens is 2. The minimum Gasteiger partial charge on any atom is -0.494 e. The SMILES string of the molecule is COc1c(Cl)cc(NCC(=O)N[C@@](C)(C#N)C(C)C)cc1Cl. The molecule has 0 aliphatic heterocycles. The van der Waals surface area contributed by atoms with E-state index < -0.39 is 5.54 Å². The average Bonchev–Trinajstić information content (AvgIpc) is 2.44. The maximum atomic E-state index is 12.0. The summed E-state index contributed by atoms with van der Waals surface area (Å²) in [5.41, 5.74) is -0.317. The van der Waals surface area contributed by atoms with Crippen LogP contribution in [0.15, 0.2) is 12.1 Å². The molecular formula is C15H19Cl2N3O2. The molecule has 0 unspecified atom stereocenters. The van der Waals surface area contributed by atoms with Gasteiger partial charge in [0.1, 0.15) is 5.54 Å². The summed E-state index contributed by atoms with van der Waals surface area (Å²) in [4.78, 5) is 12.0. The van der Waals surface area contributed by atoms with E-state index in [1.54, 1.807) is 19.1 Å². The molecule has 5 nitrogen and oxygen atoms in total. The van der Waals surface area contributed by atoms with Crippen LogP contribution in [0, 0.1) is 17.2 Å². The number of nitrogens with zero attached hydrogens (tertiary/aromatic N) is 1. The minimum absolute atomic E-state index is 0.00295. The van der Waals surface area contributed by atoms with Crippen molar-refractivity contribution in [1.29, 1.82) is 5.26 Å². The Labute approximate surface area is 140 Å². The van der Waals surface area contributed by atoms with Crippen molar-refractivity contribution in [2.75, 3.05) is 19.0 Å². The number of benzene rings is 1. The number of anilines is 1. The molecule has 0 radical (unpaired) electrons. The highest BCUT2D eigenvalue weighted by Gasteiger charge is 2.29. The molecule has 0 aromatic heterocycles. The second-order valence-corrected chi connectivity index (χ2v) is 6.16. The molecule has 1 rings (SSSR count). The Bertz CT molecular complexity index is 576. The predicted octanol–water partition coefficient (Wildman–Crippen LogP) is 3.47. The lowest BCUT2D eigenvalue weighted by Gasteiger charge is -2.27. The molecule has 0 heterocycles. The zero-order valence-corrected chi connectivity index (χ0v) is 14.5. The van der Waals surface area contributed by atoms with E-state index in [1.807, 2.05) is 13.8 Å². The largest absolute Gasteiger partial charge is 0.494 e. The predicted molar refractivity (Wildman–Crippen MR) is 88.5 cm³/mol. The Kier molecular flexibility index (Phi) is 6.34. The van der Waals surface area contributed by atoms with Crippen molar-refractivity contribution in [2.45, 2.75) is 26.3 Å². The van der Waals surface area contributed by atoms with Crippen LogP contribution in [0.2, 0.25) is 10.0 Å². The molecule has 0 aliphatic rings. The van der Waals surface area contributed by atoms with Gasteiger partial charge in [0.05, 0.1) is 29.8 Å². The number of carbonyl (C=O) groups excluding carboxylic acids is 1. The van der Waals surface area contributed by atoms with E-state index >= 15 is 0 Å². The summed E-state index contributed by atoms with van der Waals surface area (Å²) in [5, 5.41) is 15.5. The summed E-state index contributed by atoms with van der Waals surface area (Å²) in [6.45, 7) is 5.44. The first kappa shape index (κ1) is 18.4. The normalized spacial score (nSPS) is 13.2. The summed E-state index contributed by atoms with van der Waals surface area (Å²) in [6, 6.07) is 5.35. The van der Waals surface area contributed by atoms with Crippen molar-refractivity contribution in [3.05, 3.63) is 22.2 Å². The molecule has 1 aromatic rings. The van der Waals surface area contributed by atoms with Gasteiger partial charge in [-0.2, -0.15) is 5.26 Å². The highest BCUT2D eigenvalue weighted by atomic mass is 35.5. The summed E-state index contributed by atoms with van der Waals surface area (Å²) in [7, 11) is 1.47. The smallest absolute Gasteiger partial charge is 0.240 e. The zero-order chi connectivity index (χ0) is 16.9. The molecule has 0 saturated heterocycles. The van der Waals surface area contributed by atoms with Crippen LogP contribution in [0.1, 0.15) is 20.8 Å². The fraction of sp³-hybridized carbons (Fsp3) is 0.467. The Hall–Kier alpha value is -1.64. The van der Waals surface area contributed by atoms with Gasteiger partial charge in [0, 0.05) is 5.69 Å². The molecular weight excluding hydrogens is 325 g/mol. The lowest BCUT2D eigenvalue weighted by atomic mass is 9.90. The first-order chi connectivity index (χ1) is 10.2. The van der Waals surface area contributed by atoms with Crippen molar-refractivity contribution >= 4 is 34.8 Å². The van der Waals surface area contributed by atoms with Gasteiger partial charge in [-0.3, -0.25) is 4.79 Å². The number of amides is 1. The quantitative estimate of drug-likeness (QED) is 0.829. The second-order valence-electron chi connectivity index (χ2n) is 5.34. The Balaban J connectivity index is 2.71. The number of carbonyl (C=O) groups is 1. The third kappa shape index (κ3) is 4.43. The van der Waals surface area contributed by atoms with E-state index in [0.29, 0.717) is 21.5 Å². The van der Waals surface area contributed by atoms with E-state index in [0.717, 1.165) is 0 Å². The summed E-state index contributed by atoms with van der Waals surface area (Å²) in [6.07, 6.45) is 0. The van der Waals surface area contributed by atoms with Crippen LogP contribution in [-0.2, 0) is 4.79 Å². The standard InChI is InChI=1S/C15H19Cl2N3O2/c1-9(2)15(3,8-18)20-13(21)7-19-10-5-11(16)14(22-4)12(17)6-10/h5-6,9,19H,7H2,1-4H3,(H,20,21)/t15-/m0/s1. The van der Waals surface area contributed by atoms with E-state index in [4.69, 9.17) is 27.9 Å². The van der Waals surface area contributed by atoms with Crippen molar-refractivity contribution in [2.24, 2.45) is 5.92 Å². The number of nitrogens with one attached hydrogen (secondary N) is 2. The summed E-state index contributed by atoms with van der Waals surface area (Å²) >= 11 is 12.1. The number of nitriles is 1. The van der Waals surface area contributed by atoms with Crippen molar-refractivity contribution in [3.8, 4) is 11.8 Å². The maximum absolute atomic E-state index is 12.0. The van der Waals surface area contributed by atoms with Crippen LogP contribution >= 0.6 is 23.2 Å². The molecule has 0 saturated carbocycles. The van der Waals surface area contributed by atoms with Gasteiger partial charge in [-0.1, -0.05) is 37.0 Å². The fourth-order valence-corrected chi connectivity index (χ4v) is 2.32. The highest BCUT2D eigenvalue weighted by Crippen LogP contribution is 2.35. The van der Waals surface area contributed by atoms with E-state index in [2.05, 4.69) is 16.7 Å². The highest BCUT2D eigenvalue weighted by molar-refractivity contribution is 6.37. The van der Waals surface area contributed by atoms with Crippen molar-refractivity contribution in [1.82, 2.24) is 5.32 Å². The van der Waals surface area contributed by atoms with Gasteiger partial charge in [0.25, 0.3) is 0 Å². The number of rotatable bonds is 6. The molecule has 1 aromatic carbocycles. The van der Waals surface area contributed by atoms with Gasteiger partial charge in [-0.15, -0.1) is 0 Å². The second kappa shape index (κ2) is 7.57. The van der Waals surface area contributed by atoms with E-state index in [-0.39, 0.29) is 18.4 Å². The van der Waals surface area contributed by atoms with Gasteiger partial charge >= 0.3 is 0 Å². The molecule has 0 spiro atoms. The lowest BCUT2D eigenvalue weighted by Crippen LogP contribution is -2.50. The van der Waals surface area contributed by atoms with E-state index in [1.165, 1.54) is 7.11 Å². The van der Waals surface area contributed by atoms with E-state index in [9.17, 15) is 10.1 Å². The molecule has 2 N–H and O–H groups in total. The maximum Gasteiger partial charge on any atom is 0.240 e. The zero-order valence-electron chi connectivity index (χ0n) is 13.0. The number of ether oxygens (including phenoxy) is 1. The van der Waals surface area contributed by atoms with Crippen LogP contribution in [0.4, 0.5) is 5.69 Å². The summed E-state index contributed by atoms with van der Waals surface area (Å²) in [5.74, 6) is 0.0855. The van der Waals surface area contributed by atoms with Gasteiger partial charge in [-0.25, -0.2) is 0 Å². The fourth-order valence-electron chi connectivity index (χ4n) is 1.67. The van der Waals surface area contributed by atoms with Gasteiger partial charge in [-0.05, 0) is 25.0 Å². The third-order valence-corrected chi connectivity index (χ3v) is 4.00. The van der Waals surface area contributed by atoms with Crippen molar-refractivity contribution in [3.63, 3.8) is 0 Å². The van der Waals surface area contributed by atoms with Crippen LogP contribution in [0.25, 0.3) is 0 Å². The first-order valence-electron chi connectivity index (χ1n) is 6.72. The molecule has 7 heteroatoms. The Morgan fingerprint density at radius 1 is 1.41 bits per heavy atom. The molecule has 0 aliphatic carbocycles. The topological polar surface area (TPSA) is 74.2 Å². The third-order valence-electron chi connectivity index (χ3n) is 3.44. The molecule has 0 bridgehead atoms. The number of hydrogen-bond donors (Lipinski definition) is 2. The van der Waals surface area contributed by atoms with Crippen LogP contribution in [0.3, 0.4) is 0 Å². The molecule has 120 valence electrons. The van der Waals surface area contributed by atoms with Crippen LogP contribution in [0.5, 0.6) is 5.75 Å². The first-order valence-corrected chi connectivity index (χ1v) is 7.48. The number of hydrogen-bond acceptors (Lipinski definition) is 4. The monoisotopic (exact) mass is 343 g/mol. The Morgan fingerprint density at radius 3 is 2.36 bits per heavy atom. The Morgan fingerprint density at radius 2 is 1.95 bits per heavy atom. The minimum atomic E-state index is -0.909.